The molecule has 0 unspecified atom stereocenters. The Morgan fingerprint density at radius 2 is 1.68 bits per heavy atom. The number of fused-ring (bicyclic) bond motifs is 1. The van der Waals surface area contributed by atoms with Gasteiger partial charge < -0.3 is 14.8 Å². The molecule has 0 saturated heterocycles. The first-order chi connectivity index (χ1) is 16.0. The van der Waals surface area contributed by atoms with E-state index in [1.54, 1.807) is 21.9 Å². The summed E-state index contributed by atoms with van der Waals surface area (Å²) in [4.78, 5) is 33.3. The zero-order valence-electron chi connectivity index (χ0n) is 20.9. The van der Waals surface area contributed by atoms with Crippen molar-refractivity contribution in [3.8, 4) is 0 Å². The van der Waals surface area contributed by atoms with Gasteiger partial charge in [-0.05, 0) is 41.7 Å². The molecule has 34 heavy (non-hydrogen) atoms. The average molecular weight is 466 g/mol. The minimum absolute atomic E-state index is 0.0311. The van der Waals surface area contributed by atoms with Crippen LogP contribution in [0.15, 0.2) is 54.7 Å². The molecule has 0 aliphatic carbocycles. The maximum Gasteiger partial charge on any atom is 0.242 e. The first kappa shape index (κ1) is 25.5. The highest BCUT2D eigenvalue weighted by Crippen LogP contribution is 2.21. The SMILES string of the molecule is CC(C)CN(CC(=O)N(CCc1c[nH]c2ccccc12)Cc1ccc(F)cc1)C(=O)C(C)(C)C. The normalized spacial score (nSPS) is 11.7. The molecular weight excluding hydrogens is 429 g/mol. The monoisotopic (exact) mass is 465 g/mol. The Morgan fingerprint density at radius 3 is 2.32 bits per heavy atom. The lowest BCUT2D eigenvalue weighted by Crippen LogP contribution is -2.48. The summed E-state index contributed by atoms with van der Waals surface area (Å²) in [6.45, 7) is 11.1. The summed E-state index contributed by atoms with van der Waals surface area (Å²) in [5, 5.41) is 1.14. The molecule has 0 fully saturated rings. The van der Waals surface area contributed by atoms with Gasteiger partial charge in [-0.1, -0.05) is 65.0 Å². The standard InChI is InChI=1S/C28H36FN3O2/c1-20(2)17-32(27(34)28(3,4)5)19-26(33)31(18-21-10-12-23(29)13-11-21)15-14-22-16-30-25-9-7-6-8-24(22)25/h6-13,16,20,30H,14-15,17-19H2,1-5H3. The number of nitrogens with one attached hydrogen (secondary N) is 1. The predicted molar refractivity (Wildman–Crippen MR) is 135 cm³/mol. The molecule has 1 aromatic heterocycles. The number of carbonyl (C=O) groups is 2. The van der Waals surface area contributed by atoms with Gasteiger partial charge in [0.15, 0.2) is 0 Å². The van der Waals surface area contributed by atoms with Crippen molar-refractivity contribution in [3.05, 3.63) is 71.7 Å². The smallest absolute Gasteiger partial charge is 0.242 e. The zero-order chi connectivity index (χ0) is 24.9. The molecule has 0 aliphatic heterocycles. The topological polar surface area (TPSA) is 56.4 Å². The number of halogens is 1. The van der Waals surface area contributed by atoms with E-state index in [0.29, 0.717) is 26.1 Å². The fourth-order valence-corrected chi connectivity index (χ4v) is 4.09. The highest BCUT2D eigenvalue weighted by Gasteiger charge is 2.30. The number of H-pyrrole nitrogens is 1. The summed E-state index contributed by atoms with van der Waals surface area (Å²) in [5.41, 5.74) is 2.48. The first-order valence-corrected chi connectivity index (χ1v) is 11.9. The van der Waals surface area contributed by atoms with Crippen LogP contribution in [-0.2, 0) is 22.6 Å². The lowest BCUT2D eigenvalue weighted by atomic mass is 9.94. The van der Waals surface area contributed by atoms with E-state index in [2.05, 4.69) is 11.1 Å². The molecule has 5 nitrogen and oxygen atoms in total. The molecule has 0 radical (unpaired) electrons. The third-order valence-electron chi connectivity index (χ3n) is 5.81. The van der Waals surface area contributed by atoms with Gasteiger partial charge in [-0.2, -0.15) is 0 Å². The van der Waals surface area contributed by atoms with E-state index in [4.69, 9.17) is 0 Å². The van der Waals surface area contributed by atoms with Crippen LogP contribution >= 0.6 is 0 Å². The van der Waals surface area contributed by atoms with Gasteiger partial charge in [-0.25, -0.2) is 4.39 Å². The lowest BCUT2D eigenvalue weighted by molar-refractivity contribution is -0.146. The van der Waals surface area contributed by atoms with E-state index in [1.165, 1.54) is 12.1 Å². The van der Waals surface area contributed by atoms with Crippen molar-refractivity contribution in [2.75, 3.05) is 19.6 Å². The van der Waals surface area contributed by atoms with Crippen molar-refractivity contribution in [1.29, 1.82) is 0 Å². The van der Waals surface area contributed by atoms with Crippen molar-refractivity contribution in [2.24, 2.45) is 11.3 Å². The molecule has 0 atom stereocenters. The lowest BCUT2D eigenvalue weighted by Gasteiger charge is -2.32. The van der Waals surface area contributed by atoms with Crippen molar-refractivity contribution < 1.29 is 14.0 Å². The van der Waals surface area contributed by atoms with Crippen molar-refractivity contribution in [3.63, 3.8) is 0 Å². The number of para-hydroxylation sites is 1. The van der Waals surface area contributed by atoms with Crippen molar-refractivity contribution >= 4 is 22.7 Å². The fraction of sp³-hybridized carbons (Fsp3) is 0.429. The highest BCUT2D eigenvalue weighted by atomic mass is 19.1. The molecule has 0 bridgehead atoms. The largest absolute Gasteiger partial charge is 0.361 e. The Hall–Kier alpha value is -3.15. The maximum absolute atomic E-state index is 13.5. The first-order valence-electron chi connectivity index (χ1n) is 11.9. The third kappa shape index (κ3) is 6.69. The van der Waals surface area contributed by atoms with Crippen LogP contribution in [0.2, 0.25) is 0 Å². The van der Waals surface area contributed by atoms with Crippen LogP contribution in [-0.4, -0.2) is 46.2 Å². The number of carbonyl (C=O) groups excluding carboxylic acids is 2. The maximum atomic E-state index is 13.5. The number of hydrogen-bond donors (Lipinski definition) is 1. The molecule has 0 aliphatic rings. The van der Waals surface area contributed by atoms with Gasteiger partial charge in [0, 0.05) is 42.1 Å². The fourth-order valence-electron chi connectivity index (χ4n) is 4.09. The summed E-state index contributed by atoms with van der Waals surface area (Å²) in [7, 11) is 0. The van der Waals surface area contributed by atoms with Crippen LogP contribution < -0.4 is 0 Å². The van der Waals surface area contributed by atoms with Crippen LogP contribution in [0, 0.1) is 17.2 Å². The van der Waals surface area contributed by atoms with Gasteiger partial charge in [0.2, 0.25) is 11.8 Å². The van der Waals surface area contributed by atoms with Crippen LogP contribution in [0.3, 0.4) is 0 Å². The Morgan fingerprint density at radius 1 is 1.00 bits per heavy atom. The molecule has 2 aromatic carbocycles. The molecule has 0 spiro atoms. The Kier molecular flexibility index (Phi) is 8.13. The quantitative estimate of drug-likeness (QED) is 0.459. The Labute approximate surface area is 201 Å². The van der Waals surface area contributed by atoms with E-state index in [1.807, 2.05) is 59.0 Å². The number of benzene rings is 2. The van der Waals surface area contributed by atoms with E-state index in [0.717, 1.165) is 22.0 Å². The number of nitrogens with zero attached hydrogens (tertiary/aromatic N) is 2. The number of amides is 2. The molecule has 2 amide bonds. The van der Waals surface area contributed by atoms with E-state index in [9.17, 15) is 14.0 Å². The van der Waals surface area contributed by atoms with Crippen LogP contribution in [0.25, 0.3) is 10.9 Å². The van der Waals surface area contributed by atoms with Gasteiger partial charge >= 0.3 is 0 Å². The minimum Gasteiger partial charge on any atom is -0.361 e. The highest BCUT2D eigenvalue weighted by molar-refractivity contribution is 5.87. The summed E-state index contributed by atoms with van der Waals surface area (Å²) in [6, 6.07) is 14.3. The second-order valence-corrected chi connectivity index (χ2v) is 10.4. The van der Waals surface area contributed by atoms with Gasteiger partial charge in [0.05, 0.1) is 6.54 Å². The summed E-state index contributed by atoms with van der Waals surface area (Å²) < 4.78 is 13.4. The van der Waals surface area contributed by atoms with E-state index in [-0.39, 0.29) is 30.1 Å². The predicted octanol–water partition coefficient (Wildman–Crippen LogP) is 5.41. The van der Waals surface area contributed by atoms with Crippen molar-refractivity contribution in [2.45, 2.75) is 47.6 Å². The average Bonchev–Trinajstić information content (AvgIpc) is 3.19. The molecule has 3 aromatic rings. The van der Waals surface area contributed by atoms with Crippen LogP contribution in [0.4, 0.5) is 4.39 Å². The molecule has 1 heterocycles. The van der Waals surface area contributed by atoms with Gasteiger partial charge in [-0.15, -0.1) is 0 Å². The zero-order valence-corrected chi connectivity index (χ0v) is 20.9. The molecule has 0 saturated carbocycles. The second-order valence-electron chi connectivity index (χ2n) is 10.4. The Balaban J connectivity index is 1.81. The molecule has 182 valence electrons. The Bertz CT molecular complexity index is 1110. The van der Waals surface area contributed by atoms with Gasteiger partial charge in [0.1, 0.15) is 5.82 Å². The van der Waals surface area contributed by atoms with E-state index >= 15 is 0 Å². The second kappa shape index (κ2) is 10.9. The van der Waals surface area contributed by atoms with Gasteiger partial charge in [0.25, 0.3) is 0 Å². The minimum atomic E-state index is -0.568. The number of rotatable bonds is 9. The number of aromatic nitrogens is 1. The van der Waals surface area contributed by atoms with Crippen LogP contribution in [0.1, 0.15) is 45.7 Å². The summed E-state index contributed by atoms with van der Waals surface area (Å²) >= 11 is 0. The van der Waals surface area contributed by atoms with E-state index < -0.39 is 5.41 Å². The summed E-state index contributed by atoms with van der Waals surface area (Å²) in [5.74, 6) is -0.203. The molecule has 6 heteroatoms. The number of aromatic amines is 1. The molecule has 1 N–H and O–H groups in total. The van der Waals surface area contributed by atoms with Gasteiger partial charge in [-0.3, -0.25) is 9.59 Å². The molecule has 3 rings (SSSR count). The van der Waals surface area contributed by atoms with Crippen molar-refractivity contribution in [1.82, 2.24) is 14.8 Å². The molecular formula is C28H36FN3O2. The number of hydrogen-bond acceptors (Lipinski definition) is 2. The third-order valence-corrected chi connectivity index (χ3v) is 5.81. The summed E-state index contributed by atoms with van der Waals surface area (Å²) in [6.07, 6.45) is 2.66. The van der Waals surface area contributed by atoms with Crippen LogP contribution in [0.5, 0.6) is 0 Å².